The van der Waals surface area contributed by atoms with Crippen LogP contribution < -0.4 is 0 Å². The molecule has 0 heterocycles. The summed E-state index contributed by atoms with van der Waals surface area (Å²) in [6.07, 6.45) is 1.85. The summed E-state index contributed by atoms with van der Waals surface area (Å²) in [5, 5.41) is 9.19. The minimum absolute atomic E-state index is 0.738. The van der Waals surface area contributed by atoms with Crippen molar-refractivity contribution in [3.05, 3.63) is 85.0 Å². The molecule has 3 heteroatoms. The van der Waals surface area contributed by atoms with E-state index in [4.69, 9.17) is 0 Å². The molecule has 3 rings (SSSR count). The predicted octanol–water partition coefficient (Wildman–Crippen LogP) is 7.05. The van der Waals surface area contributed by atoms with Crippen LogP contribution in [0.1, 0.15) is 16.7 Å². The summed E-state index contributed by atoms with van der Waals surface area (Å²) in [4.78, 5) is 0. The third-order valence-corrected chi connectivity index (χ3v) is 6.53. The van der Waals surface area contributed by atoms with E-state index in [0.29, 0.717) is 0 Å². The van der Waals surface area contributed by atoms with Crippen LogP contribution in [0.15, 0.2) is 61.2 Å². The van der Waals surface area contributed by atoms with Crippen molar-refractivity contribution in [1.29, 1.82) is 5.26 Å². The van der Waals surface area contributed by atoms with Gasteiger partial charge >= 0.3 is 0 Å². The number of halogens is 2. The number of hydrogen-bond acceptors (Lipinski definition) is 1. The number of nitrogens with zero attached hydrogens (tertiary/aromatic N) is 1. The van der Waals surface area contributed by atoms with Gasteiger partial charge < -0.3 is 0 Å². The first-order chi connectivity index (χ1) is 12.0. The van der Waals surface area contributed by atoms with Crippen molar-refractivity contribution < 1.29 is 0 Å². The fourth-order valence-corrected chi connectivity index (χ4v) is 4.35. The Bertz CT molecular complexity index is 996. The Kier molecular flexibility index (Phi) is 5.60. The molecule has 0 radical (unpaired) electrons. The molecule has 0 atom stereocenters. The highest BCUT2D eigenvalue weighted by Crippen LogP contribution is 2.34. The molecule has 1 nitrogen and oxygen atoms in total. The largest absolute Gasteiger partial charge is 0.192 e. The van der Waals surface area contributed by atoms with Crippen molar-refractivity contribution in [2.45, 2.75) is 6.92 Å². The van der Waals surface area contributed by atoms with Crippen LogP contribution in [0.2, 0.25) is 0 Å². The molecule has 0 aliphatic rings. The van der Waals surface area contributed by atoms with Crippen LogP contribution in [0.3, 0.4) is 0 Å². The Morgan fingerprint density at radius 3 is 2.16 bits per heavy atom. The summed E-state index contributed by atoms with van der Waals surface area (Å²) in [7, 11) is 0. The number of rotatable bonds is 3. The van der Waals surface area contributed by atoms with Gasteiger partial charge in [-0.25, -0.2) is 0 Å². The first kappa shape index (κ1) is 18.2. The average Bonchev–Trinajstić information content (AvgIpc) is 2.64. The molecule has 25 heavy (non-hydrogen) atoms. The zero-order valence-electron chi connectivity index (χ0n) is 13.7. The first-order valence-corrected chi connectivity index (χ1v) is 9.93. The van der Waals surface area contributed by atoms with Gasteiger partial charge in [0.2, 0.25) is 0 Å². The molecule has 0 aromatic heterocycles. The van der Waals surface area contributed by atoms with Crippen molar-refractivity contribution in [2.24, 2.45) is 0 Å². The van der Waals surface area contributed by atoms with E-state index in [1.165, 1.54) is 25.8 Å². The maximum absolute atomic E-state index is 9.19. The van der Waals surface area contributed by atoms with Crippen molar-refractivity contribution >= 4 is 51.3 Å². The van der Waals surface area contributed by atoms with Gasteiger partial charge in [-0.15, -0.1) is 0 Å². The molecule has 0 amide bonds. The summed E-state index contributed by atoms with van der Waals surface area (Å²) in [6.45, 7) is 5.81. The Morgan fingerprint density at radius 1 is 0.920 bits per heavy atom. The smallest absolute Gasteiger partial charge is 0.0994 e. The van der Waals surface area contributed by atoms with Gasteiger partial charge in [0.15, 0.2) is 0 Å². The van der Waals surface area contributed by atoms with Crippen LogP contribution in [-0.2, 0) is 0 Å². The molecule has 122 valence electrons. The lowest BCUT2D eigenvalue weighted by Gasteiger charge is -2.12. The summed E-state index contributed by atoms with van der Waals surface area (Å²) in [5.41, 5.74) is 7.67. The molecule has 0 bridgehead atoms. The lowest BCUT2D eigenvalue weighted by Crippen LogP contribution is -1.92. The van der Waals surface area contributed by atoms with Crippen molar-refractivity contribution in [2.75, 3.05) is 0 Å². The molecule has 0 saturated heterocycles. The molecule has 3 aromatic carbocycles. The molecule has 0 aliphatic carbocycles. The van der Waals surface area contributed by atoms with Gasteiger partial charge in [0.25, 0.3) is 0 Å². The molecule has 0 unspecified atom stereocenters. The third kappa shape index (κ3) is 3.65. The highest BCUT2D eigenvalue weighted by molar-refractivity contribution is 14.1. The number of benzene rings is 3. The Labute approximate surface area is 175 Å². The van der Waals surface area contributed by atoms with Crippen molar-refractivity contribution in [3.63, 3.8) is 0 Å². The summed E-state index contributed by atoms with van der Waals surface area (Å²) < 4.78 is 2.34. The first-order valence-electron chi connectivity index (χ1n) is 7.77. The fourth-order valence-electron chi connectivity index (χ4n) is 2.74. The van der Waals surface area contributed by atoms with Gasteiger partial charge in [-0.1, -0.05) is 55.1 Å². The number of nitriles is 1. The monoisotopic (exact) mass is 547 g/mol. The standard InChI is InChI=1S/C22H15I2N/c1-3-15-4-6-16(7-5-15)19-10-8-17(12-21(19)23)20-11-9-18(13-25)14(2)22(20)24/h3-12H,1H2,2H3. The van der Waals surface area contributed by atoms with E-state index in [2.05, 4.69) is 100 Å². The van der Waals surface area contributed by atoms with Gasteiger partial charge in [-0.3, -0.25) is 0 Å². The van der Waals surface area contributed by atoms with Crippen LogP contribution in [0.5, 0.6) is 0 Å². The Morgan fingerprint density at radius 2 is 1.56 bits per heavy atom. The van der Waals surface area contributed by atoms with Gasteiger partial charge in [0.1, 0.15) is 0 Å². The lowest BCUT2D eigenvalue weighted by molar-refractivity contribution is 1.36. The van der Waals surface area contributed by atoms with Gasteiger partial charge in [0.05, 0.1) is 11.6 Å². The van der Waals surface area contributed by atoms with E-state index < -0.39 is 0 Å². The molecule has 3 aromatic rings. The molecular formula is C22H15I2N. The second-order valence-corrected chi connectivity index (χ2v) is 7.97. The topological polar surface area (TPSA) is 23.8 Å². The maximum Gasteiger partial charge on any atom is 0.0994 e. The molecule has 0 fully saturated rings. The highest BCUT2D eigenvalue weighted by atomic mass is 127. The number of hydrogen-bond donors (Lipinski definition) is 0. The van der Waals surface area contributed by atoms with E-state index in [1.807, 2.05) is 25.1 Å². The SMILES string of the molecule is C=Cc1ccc(-c2ccc(-c3ccc(C#N)c(C)c3I)cc2I)cc1. The molecule has 0 N–H and O–H groups in total. The highest BCUT2D eigenvalue weighted by Gasteiger charge is 2.11. The van der Waals surface area contributed by atoms with Crippen LogP contribution in [0.4, 0.5) is 0 Å². The lowest BCUT2D eigenvalue weighted by atomic mass is 9.97. The average molecular weight is 547 g/mol. The van der Waals surface area contributed by atoms with E-state index in [0.717, 1.165) is 20.3 Å². The summed E-state index contributed by atoms with van der Waals surface area (Å²) in [6, 6.07) is 21.2. The normalized spacial score (nSPS) is 10.3. The summed E-state index contributed by atoms with van der Waals surface area (Å²) in [5.74, 6) is 0. The van der Waals surface area contributed by atoms with Crippen molar-refractivity contribution in [3.8, 4) is 28.3 Å². The summed E-state index contributed by atoms with van der Waals surface area (Å²) >= 11 is 4.73. The van der Waals surface area contributed by atoms with E-state index in [1.54, 1.807) is 0 Å². The fraction of sp³-hybridized carbons (Fsp3) is 0.0455. The van der Waals surface area contributed by atoms with Gasteiger partial charge in [-0.2, -0.15) is 5.26 Å². The minimum Gasteiger partial charge on any atom is -0.192 e. The Hall–Kier alpha value is -1.65. The molecule has 0 saturated carbocycles. The quantitative estimate of drug-likeness (QED) is 0.323. The molecule has 0 spiro atoms. The van der Waals surface area contributed by atoms with Crippen LogP contribution >= 0.6 is 45.2 Å². The zero-order valence-corrected chi connectivity index (χ0v) is 18.0. The van der Waals surface area contributed by atoms with Crippen LogP contribution in [0, 0.1) is 25.4 Å². The predicted molar refractivity (Wildman–Crippen MR) is 122 cm³/mol. The minimum atomic E-state index is 0.738. The molecule has 0 aliphatic heterocycles. The molecular weight excluding hydrogens is 532 g/mol. The third-order valence-electron chi connectivity index (χ3n) is 4.24. The van der Waals surface area contributed by atoms with Gasteiger partial charge in [-0.05, 0) is 97.6 Å². The van der Waals surface area contributed by atoms with E-state index in [-0.39, 0.29) is 0 Å². The maximum atomic E-state index is 9.19. The van der Waals surface area contributed by atoms with Crippen molar-refractivity contribution in [1.82, 2.24) is 0 Å². The van der Waals surface area contributed by atoms with E-state index in [9.17, 15) is 5.26 Å². The Balaban J connectivity index is 2.04. The van der Waals surface area contributed by atoms with Gasteiger partial charge in [0, 0.05) is 7.14 Å². The van der Waals surface area contributed by atoms with Crippen LogP contribution in [0.25, 0.3) is 28.3 Å². The van der Waals surface area contributed by atoms with Crippen LogP contribution in [-0.4, -0.2) is 0 Å². The second kappa shape index (κ2) is 7.71. The van der Waals surface area contributed by atoms with E-state index >= 15 is 0 Å². The zero-order chi connectivity index (χ0) is 18.0. The second-order valence-electron chi connectivity index (χ2n) is 5.73.